The van der Waals surface area contributed by atoms with Crippen LogP contribution in [0.1, 0.15) is 25.3 Å². The molecule has 0 saturated carbocycles. The van der Waals surface area contributed by atoms with Crippen LogP contribution in [0.15, 0.2) is 59.7 Å². The first-order chi connectivity index (χ1) is 13.8. The number of anilines is 1. The molecule has 0 bridgehead atoms. The van der Waals surface area contributed by atoms with Crippen LogP contribution >= 0.6 is 24.0 Å². The zero-order chi connectivity index (χ0) is 19.4. The summed E-state index contributed by atoms with van der Waals surface area (Å²) in [6, 6.07) is 16.7. The smallest absolute Gasteiger partial charge is 0.191 e. The monoisotopic (exact) mass is 509 g/mol. The second kappa shape index (κ2) is 13.4. The SMILES string of the molecule is CCNC(=NCCOCc1ccccc1)NC1CCN(c2ccccn2)CC1.I. The highest BCUT2D eigenvalue weighted by Gasteiger charge is 2.20. The Kier molecular flexibility index (Phi) is 10.8. The van der Waals surface area contributed by atoms with E-state index in [9.17, 15) is 0 Å². The molecule has 1 aliphatic rings. The Morgan fingerprint density at radius 2 is 1.90 bits per heavy atom. The summed E-state index contributed by atoms with van der Waals surface area (Å²) in [7, 11) is 0. The molecule has 3 rings (SSSR count). The molecule has 0 amide bonds. The third-order valence-corrected chi connectivity index (χ3v) is 4.77. The highest BCUT2D eigenvalue weighted by atomic mass is 127. The second-order valence-electron chi connectivity index (χ2n) is 6.89. The predicted molar refractivity (Wildman–Crippen MR) is 130 cm³/mol. The largest absolute Gasteiger partial charge is 0.375 e. The number of aromatic nitrogens is 1. The Balaban J connectivity index is 0.00000300. The topological polar surface area (TPSA) is 61.8 Å². The van der Waals surface area contributed by atoms with Crippen molar-refractivity contribution in [1.82, 2.24) is 15.6 Å². The van der Waals surface area contributed by atoms with Gasteiger partial charge in [-0.05, 0) is 37.5 Å². The van der Waals surface area contributed by atoms with Crippen molar-refractivity contribution in [2.24, 2.45) is 4.99 Å². The molecular weight excluding hydrogens is 477 g/mol. The molecule has 0 aliphatic carbocycles. The van der Waals surface area contributed by atoms with Gasteiger partial charge in [-0.15, -0.1) is 24.0 Å². The molecule has 1 aliphatic heterocycles. The zero-order valence-corrected chi connectivity index (χ0v) is 19.4. The number of benzene rings is 1. The molecular formula is C22H32IN5O. The van der Waals surface area contributed by atoms with Gasteiger partial charge in [0, 0.05) is 31.9 Å². The fraction of sp³-hybridized carbons (Fsp3) is 0.455. The summed E-state index contributed by atoms with van der Waals surface area (Å²) in [5, 5.41) is 6.91. The van der Waals surface area contributed by atoms with Crippen molar-refractivity contribution in [1.29, 1.82) is 0 Å². The standard InChI is InChI=1S/C22H31N5O.HI/c1-2-23-22(25-14-17-28-18-19-8-4-3-5-9-19)26-20-11-15-27(16-12-20)21-10-6-7-13-24-21;/h3-10,13,20H,2,11-12,14-18H2,1H3,(H2,23,25,26);1H. The van der Waals surface area contributed by atoms with Crippen LogP contribution in [0.2, 0.25) is 0 Å². The van der Waals surface area contributed by atoms with Crippen molar-refractivity contribution in [3.05, 3.63) is 60.3 Å². The fourth-order valence-corrected chi connectivity index (χ4v) is 3.29. The van der Waals surface area contributed by atoms with E-state index in [0.717, 1.165) is 44.3 Å². The highest BCUT2D eigenvalue weighted by Crippen LogP contribution is 2.17. The van der Waals surface area contributed by atoms with E-state index in [1.54, 1.807) is 0 Å². The molecule has 0 unspecified atom stereocenters. The van der Waals surface area contributed by atoms with E-state index in [1.807, 2.05) is 36.5 Å². The van der Waals surface area contributed by atoms with E-state index in [-0.39, 0.29) is 24.0 Å². The Morgan fingerprint density at radius 1 is 1.14 bits per heavy atom. The summed E-state index contributed by atoms with van der Waals surface area (Å²) < 4.78 is 5.73. The third-order valence-electron chi connectivity index (χ3n) is 4.77. The number of halogens is 1. The Hall–Kier alpha value is -1.87. The molecule has 1 fully saturated rings. The van der Waals surface area contributed by atoms with Crippen LogP contribution < -0.4 is 15.5 Å². The lowest BCUT2D eigenvalue weighted by atomic mass is 10.1. The molecule has 1 aromatic heterocycles. The Labute approximate surface area is 191 Å². The van der Waals surface area contributed by atoms with Crippen LogP contribution in [0.4, 0.5) is 5.82 Å². The predicted octanol–water partition coefficient (Wildman–Crippen LogP) is 3.44. The lowest BCUT2D eigenvalue weighted by Crippen LogP contribution is -2.49. The molecule has 2 N–H and O–H groups in total. The maximum atomic E-state index is 5.73. The van der Waals surface area contributed by atoms with Crippen LogP contribution in [-0.2, 0) is 11.3 Å². The summed E-state index contributed by atoms with van der Waals surface area (Å²) >= 11 is 0. The molecule has 2 aromatic rings. The first-order valence-electron chi connectivity index (χ1n) is 10.2. The van der Waals surface area contributed by atoms with E-state index in [1.165, 1.54) is 5.56 Å². The molecule has 0 radical (unpaired) electrons. The van der Waals surface area contributed by atoms with Crippen molar-refractivity contribution < 1.29 is 4.74 Å². The summed E-state index contributed by atoms with van der Waals surface area (Å²) in [6.07, 6.45) is 4.01. The number of pyridine rings is 1. The maximum Gasteiger partial charge on any atom is 0.191 e. The molecule has 158 valence electrons. The average Bonchev–Trinajstić information content (AvgIpc) is 2.75. The van der Waals surface area contributed by atoms with Gasteiger partial charge in [0.25, 0.3) is 0 Å². The number of guanidine groups is 1. The van der Waals surface area contributed by atoms with Crippen LogP contribution in [-0.4, -0.2) is 49.8 Å². The van der Waals surface area contributed by atoms with Gasteiger partial charge in [0.2, 0.25) is 0 Å². The first kappa shape index (κ1) is 23.4. The van der Waals surface area contributed by atoms with E-state index < -0.39 is 0 Å². The van der Waals surface area contributed by atoms with Gasteiger partial charge in [-0.3, -0.25) is 4.99 Å². The number of ether oxygens (including phenoxy) is 1. The Morgan fingerprint density at radius 3 is 2.59 bits per heavy atom. The molecule has 1 saturated heterocycles. The van der Waals surface area contributed by atoms with Crippen LogP contribution in [0, 0.1) is 0 Å². The van der Waals surface area contributed by atoms with Gasteiger partial charge in [-0.1, -0.05) is 36.4 Å². The number of nitrogens with one attached hydrogen (secondary N) is 2. The van der Waals surface area contributed by atoms with Crippen LogP contribution in [0.3, 0.4) is 0 Å². The lowest BCUT2D eigenvalue weighted by Gasteiger charge is -2.33. The minimum absolute atomic E-state index is 0. The van der Waals surface area contributed by atoms with Gasteiger partial charge >= 0.3 is 0 Å². The van der Waals surface area contributed by atoms with Gasteiger partial charge in [-0.25, -0.2) is 4.98 Å². The van der Waals surface area contributed by atoms with Crippen molar-refractivity contribution in [2.75, 3.05) is 37.7 Å². The second-order valence-corrected chi connectivity index (χ2v) is 6.89. The van der Waals surface area contributed by atoms with E-state index in [0.29, 0.717) is 25.8 Å². The van der Waals surface area contributed by atoms with Gasteiger partial charge in [0.1, 0.15) is 5.82 Å². The molecule has 29 heavy (non-hydrogen) atoms. The summed E-state index contributed by atoms with van der Waals surface area (Å²) in [5.41, 5.74) is 1.19. The number of piperidine rings is 1. The van der Waals surface area contributed by atoms with Crippen LogP contribution in [0.5, 0.6) is 0 Å². The van der Waals surface area contributed by atoms with Crippen molar-refractivity contribution in [2.45, 2.75) is 32.4 Å². The number of rotatable bonds is 8. The fourth-order valence-electron chi connectivity index (χ4n) is 3.29. The molecule has 6 nitrogen and oxygen atoms in total. The van der Waals surface area contributed by atoms with Gasteiger partial charge in [0.05, 0.1) is 19.8 Å². The first-order valence-corrected chi connectivity index (χ1v) is 10.2. The number of hydrogen-bond donors (Lipinski definition) is 2. The Bertz CT molecular complexity index is 706. The van der Waals surface area contributed by atoms with Gasteiger partial charge in [0.15, 0.2) is 5.96 Å². The van der Waals surface area contributed by atoms with E-state index >= 15 is 0 Å². The highest BCUT2D eigenvalue weighted by molar-refractivity contribution is 14.0. The van der Waals surface area contributed by atoms with Gasteiger partial charge in [-0.2, -0.15) is 0 Å². The minimum atomic E-state index is 0. The van der Waals surface area contributed by atoms with Crippen LogP contribution in [0.25, 0.3) is 0 Å². The third kappa shape index (κ3) is 8.18. The van der Waals surface area contributed by atoms with Crippen molar-refractivity contribution in [3.63, 3.8) is 0 Å². The average molecular weight is 509 g/mol. The number of nitrogens with zero attached hydrogens (tertiary/aromatic N) is 3. The molecule has 0 atom stereocenters. The van der Waals surface area contributed by atoms with Gasteiger partial charge < -0.3 is 20.3 Å². The molecule has 2 heterocycles. The quantitative estimate of drug-likeness (QED) is 0.247. The molecule has 7 heteroatoms. The molecule has 0 spiro atoms. The van der Waals surface area contributed by atoms with E-state index in [2.05, 4.69) is 50.6 Å². The lowest BCUT2D eigenvalue weighted by molar-refractivity contribution is 0.128. The normalized spacial score (nSPS) is 14.9. The maximum absolute atomic E-state index is 5.73. The number of hydrogen-bond acceptors (Lipinski definition) is 4. The molecule has 1 aromatic carbocycles. The number of aliphatic imine (C=N–C) groups is 1. The summed E-state index contributed by atoms with van der Waals surface area (Å²) in [5.74, 6) is 1.94. The minimum Gasteiger partial charge on any atom is -0.375 e. The van der Waals surface area contributed by atoms with Crippen molar-refractivity contribution >= 4 is 35.8 Å². The summed E-state index contributed by atoms with van der Waals surface area (Å²) in [6.45, 7) is 6.85. The van der Waals surface area contributed by atoms with E-state index in [4.69, 9.17) is 4.74 Å². The van der Waals surface area contributed by atoms with Crippen molar-refractivity contribution in [3.8, 4) is 0 Å². The zero-order valence-electron chi connectivity index (χ0n) is 17.1. The summed E-state index contributed by atoms with van der Waals surface area (Å²) in [4.78, 5) is 11.5.